The summed E-state index contributed by atoms with van der Waals surface area (Å²) in [5.74, 6) is 0.992. The average Bonchev–Trinajstić information content (AvgIpc) is 2.78. The summed E-state index contributed by atoms with van der Waals surface area (Å²) in [5.41, 5.74) is 0.0502. The molecule has 1 amide bonds. The number of anilines is 1. The molecule has 0 radical (unpaired) electrons. The molecule has 3 aromatic rings. The first-order valence-electron chi connectivity index (χ1n) is 11.2. The van der Waals surface area contributed by atoms with Gasteiger partial charge in [0, 0.05) is 31.4 Å². The minimum atomic E-state index is -4.42. The number of hydrogen-bond acceptors (Lipinski definition) is 5. The van der Waals surface area contributed by atoms with E-state index in [4.69, 9.17) is 0 Å². The number of benzene rings is 2. The SMILES string of the molecule is CC(=O)N1CCC(O)(c2ccc3nc(C)nc(N[C@@H](C)c4cccc(C(F)(F)F)c4)c3c2)CC1. The molecule has 34 heavy (non-hydrogen) atoms. The van der Waals surface area contributed by atoms with Crippen molar-refractivity contribution in [2.24, 2.45) is 0 Å². The van der Waals surface area contributed by atoms with Crippen LogP contribution in [0.1, 0.15) is 55.2 Å². The third-order valence-corrected chi connectivity index (χ3v) is 6.45. The lowest BCUT2D eigenvalue weighted by molar-refractivity contribution is -0.137. The number of likely N-dealkylation sites (tertiary alicyclic amines) is 1. The molecule has 0 saturated carbocycles. The minimum Gasteiger partial charge on any atom is -0.385 e. The molecule has 9 heteroatoms. The van der Waals surface area contributed by atoms with Crippen molar-refractivity contribution in [3.05, 3.63) is 65.0 Å². The number of piperidine rings is 1. The van der Waals surface area contributed by atoms with Crippen LogP contribution in [0.15, 0.2) is 42.5 Å². The number of hydrogen-bond donors (Lipinski definition) is 2. The van der Waals surface area contributed by atoms with E-state index in [0.717, 1.165) is 12.1 Å². The number of amides is 1. The van der Waals surface area contributed by atoms with Crippen LogP contribution in [0.5, 0.6) is 0 Å². The van der Waals surface area contributed by atoms with Crippen molar-refractivity contribution in [3.63, 3.8) is 0 Å². The normalized spacial score (nSPS) is 17.0. The Bertz CT molecular complexity index is 1220. The number of halogens is 3. The molecular weight excluding hydrogens is 445 g/mol. The standard InChI is InChI=1S/C25H27F3N4O2/c1-15(18-5-4-6-20(13-18)25(26,27)28)29-23-21-14-19(7-8-22(21)30-16(2)31-23)24(34)9-11-32(12-10-24)17(3)33/h4-8,13-15,34H,9-12H2,1-3H3,(H,29,30,31)/t15-/m0/s1. The van der Waals surface area contributed by atoms with Gasteiger partial charge >= 0.3 is 6.18 Å². The van der Waals surface area contributed by atoms with Crippen LogP contribution in [0.2, 0.25) is 0 Å². The zero-order chi connectivity index (χ0) is 24.7. The molecule has 0 unspecified atom stereocenters. The molecule has 1 aliphatic heterocycles. The summed E-state index contributed by atoms with van der Waals surface area (Å²) in [6.07, 6.45) is -3.60. The summed E-state index contributed by atoms with van der Waals surface area (Å²) in [7, 11) is 0. The fourth-order valence-corrected chi connectivity index (χ4v) is 4.40. The molecule has 1 fully saturated rings. The van der Waals surface area contributed by atoms with E-state index in [0.29, 0.717) is 59.6 Å². The van der Waals surface area contributed by atoms with Gasteiger partial charge in [0.2, 0.25) is 5.91 Å². The summed E-state index contributed by atoms with van der Waals surface area (Å²) < 4.78 is 39.5. The predicted octanol–water partition coefficient (Wildman–Crippen LogP) is 4.96. The molecule has 1 aliphatic rings. The fraction of sp³-hybridized carbons (Fsp3) is 0.400. The second-order valence-electron chi connectivity index (χ2n) is 8.88. The first-order valence-corrected chi connectivity index (χ1v) is 11.2. The zero-order valence-corrected chi connectivity index (χ0v) is 19.3. The van der Waals surface area contributed by atoms with Gasteiger partial charge in [0.1, 0.15) is 11.6 Å². The van der Waals surface area contributed by atoms with Crippen molar-refractivity contribution in [2.45, 2.75) is 51.4 Å². The summed E-state index contributed by atoms with van der Waals surface area (Å²) in [6.45, 7) is 5.97. The Morgan fingerprint density at radius 3 is 2.50 bits per heavy atom. The van der Waals surface area contributed by atoms with Crippen LogP contribution in [-0.2, 0) is 16.6 Å². The Morgan fingerprint density at radius 1 is 1.15 bits per heavy atom. The van der Waals surface area contributed by atoms with Gasteiger partial charge in [-0.15, -0.1) is 0 Å². The maximum Gasteiger partial charge on any atom is 0.416 e. The number of carbonyl (C=O) groups excluding carboxylic acids is 1. The van der Waals surface area contributed by atoms with Gasteiger partial charge in [-0.05, 0) is 62.1 Å². The van der Waals surface area contributed by atoms with E-state index in [1.807, 2.05) is 18.2 Å². The highest BCUT2D eigenvalue weighted by Gasteiger charge is 2.35. The summed E-state index contributed by atoms with van der Waals surface area (Å²) >= 11 is 0. The predicted molar refractivity (Wildman–Crippen MR) is 123 cm³/mol. The van der Waals surface area contributed by atoms with Gasteiger partial charge in [-0.25, -0.2) is 9.97 Å². The summed E-state index contributed by atoms with van der Waals surface area (Å²) in [5, 5.41) is 15.2. The van der Waals surface area contributed by atoms with Crippen molar-refractivity contribution in [3.8, 4) is 0 Å². The summed E-state index contributed by atoms with van der Waals surface area (Å²) in [4.78, 5) is 22.3. The number of alkyl halides is 3. The van der Waals surface area contributed by atoms with Gasteiger partial charge in [-0.3, -0.25) is 4.79 Å². The van der Waals surface area contributed by atoms with Crippen LogP contribution >= 0.6 is 0 Å². The second-order valence-corrected chi connectivity index (χ2v) is 8.88. The Kier molecular flexibility index (Phi) is 6.24. The lowest BCUT2D eigenvalue weighted by Crippen LogP contribution is -2.44. The van der Waals surface area contributed by atoms with Gasteiger partial charge in [0.05, 0.1) is 16.7 Å². The first kappa shape index (κ1) is 23.9. The largest absolute Gasteiger partial charge is 0.416 e. The molecule has 2 N–H and O–H groups in total. The number of nitrogens with one attached hydrogen (secondary N) is 1. The third-order valence-electron chi connectivity index (χ3n) is 6.45. The molecule has 1 saturated heterocycles. The van der Waals surface area contributed by atoms with Gasteiger partial charge in [0.25, 0.3) is 0 Å². The van der Waals surface area contributed by atoms with E-state index in [1.165, 1.54) is 13.0 Å². The topological polar surface area (TPSA) is 78.4 Å². The average molecular weight is 473 g/mol. The van der Waals surface area contributed by atoms with Crippen LogP contribution in [0.4, 0.5) is 19.0 Å². The quantitative estimate of drug-likeness (QED) is 0.561. The smallest absolute Gasteiger partial charge is 0.385 e. The molecule has 0 spiro atoms. The second kappa shape index (κ2) is 8.87. The molecule has 0 bridgehead atoms. The van der Waals surface area contributed by atoms with Crippen molar-refractivity contribution < 1.29 is 23.1 Å². The maximum absolute atomic E-state index is 13.2. The van der Waals surface area contributed by atoms with Crippen LogP contribution in [0.25, 0.3) is 10.9 Å². The number of aromatic nitrogens is 2. The molecular formula is C25H27F3N4O2. The van der Waals surface area contributed by atoms with Crippen molar-refractivity contribution >= 4 is 22.6 Å². The van der Waals surface area contributed by atoms with E-state index in [2.05, 4.69) is 15.3 Å². The molecule has 4 rings (SSSR count). The highest BCUT2D eigenvalue weighted by Crippen LogP contribution is 2.36. The van der Waals surface area contributed by atoms with Gasteiger partial charge in [-0.2, -0.15) is 13.2 Å². The Hall–Kier alpha value is -3.20. The molecule has 2 heterocycles. The Balaban J connectivity index is 1.66. The lowest BCUT2D eigenvalue weighted by atomic mass is 9.84. The Labute approximate surface area is 195 Å². The number of fused-ring (bicyclic) bond motifs is 1. The van der Waals surface area contributed by atoms with Crippen molar-refractivity contribution in [1.29, 1.82) is 0 Å². The van der Waals surface area contributed by atoms with Gasteiger partial charge in [-0.1, -0.05) is 18.2 Å². The molecule has 180 valence electrons. The monoisotopic (exact) mass is 472 g/mol. The lowest BCUT2D eigenvalue weighted by Gasteiger charge is -2.38. The number of rotatable bonds is 4. The summed E-state index contributed by atoms with van der Waals surface area (Å²) in [6, 6.07) is 10.2. The highest BCUT2D eigenvalue weighted by atomic mass is 19.4. The highest BCUT2D eigenvalue weighted by molar-refractivity contribution is 5.90. The van der Waals surface area contributed by atoms with E-state index in [9.17, 15) is 23.1 Å². The van der Waals surface area contributed by atoms with Crippen molar-refractivity contribution in [1.82, 2.24) is 14.9 Å². The zero-order valence-electron chi connectivity index (χ0n) is 19.3. The molecule has 1 atom stereocenters. The third kappa shape index (κ3) is 4.84. The van der Waals surface area contributed by atoms with Crippen LogP contribution in [-0.4, -0.2) is 39.0 Å². The van der Waals surface area contributed by atoms with Crippen LogP contribution in [0.3, 0.4) is 0 Å². The molecule has 0 aliphatic carbocycles. The number of carbonyl (C=O) groups is 1. The van der Waals surface area contributed by atoms with E-state index >= 15 is 0 Å². The van der Waals surface area contributed by atoms with E-state index < -0.39 is 23.4 Å². The molecule has 2 aromatic carbocycles. The van der Waals surface area contributed by atoms with Crippen LogP contribution in [0, 0.1) is 6.92 Å². The fourth-order valence-electron chi connectivity index (χ4n) is 4.40. The number of nitrogens with zero attached hydrogens (tertiary/aromatic N) is 3. The van der Waals surface area contributed by atoms with Gasteiger partial charge < -0.3 is 15.3 Å². The van der Waals surface area contributed by atoms with Crippen LogP contribution < -0.4 is 5.32 Å². The van der Waals surface area contributed by atoms with Crippen molar-refractivity contribution in [2.75, 3.05) is 18.4 Å². The van der Waals surface area contributed by atoms with E-state index in [1.54, 1.807) is 24.8 Å². The van der Waals surface area contributed by atoms with E-state index in [-0.39, 0.29) is 5.91 Å². The van der Waals surface area contributed by atoms with Gasteiger partial charge in [0.15, 0.2) is 0 Å². The Morgan fingerprint density at radius 2 is 1.85 bits per heavy atom. The molecule has 1 aromatic heterocycles. The minimum absolute atomic E-state index is 0.0143. The first-order chi connectivity index (χ1) is 16.0. The number of aryl methyl sites for hydroxylation is 1. The molecule has 6 nitrogen and oxygen atoms in total. The maximum atomic E-state index is 13.2. The number of aliphatic hydroxyl groups is 1.